The SMILES string of the molecule is Cc1nc(OCCN2CCCCC2)ncc1C(=O)O. The van der Waals surface area contributed by atoms with Crippen molar-refractivity contribution in [3.8, 4) is 6.01 Å². The lowest BCUT2D eigenvalue weighted by molar-refractivity contribution is 0.0695. The molecule has 0 aromatic carbocycles. The van der Waals surface area contributed by atoms with Crippen molar-refractivity contribution >= 4 is 5.97 Å². The van der Waals surface area contributed by atoms with E-state index in [9.17, 15) is 4.79 Å². The molecule has 0 unspecified atom stereocenters. The molecule has 1 aliphatic rings. The van der Waals surface area contributed by atoms with Gasteiger partial charge < -0.3 is 9.84 Å². The summed E-state index contributed by atoms with van der Waals surface area (Å²) >= 11 is 0. The number of carbonyl (C=O) groups is 1. The van der Waals surface area contributed by atoms with Crippen molar-refractivity contribution in [2.75, 3.05) is 26.2 Å². The largest absolute Gasteiger partial charge is 0.478 e. The third-order valence-electron chi connectivity index (χ3n) is 3.27. The Bertz CT molecular complexity index is 445. The number of carboxylic acids is 1. The second-order valence-electron chi connectivity index (χ2n) is 4.71. The van der Waals surface area contributed by atoms with E-state index in [0.29, 0.717) is 12.3 Å². The second-order valence-corrected chi connectivity index (χ2v) is 4.71. The van der Waals surface area contributed by atoms with Crippen molar-refractivity contribution in [3.05, 3.63) is 17.5 Å². The first-order valence-corrected chi connectivity index (χ1v) is 6.59. The molecular weight excluding hydrogens is 246 g/mol. The monoisotopic (exact) mass is 265 g/mol. The van der Waals surface area contributed by atoms with Crippen LogP contribution in [0.3, 0.4) is 0 Å². The predicted octanol–water partition coefficient (Wildman–Crippen LogP) is 1.35. The van der Waals surface area contributed by atoms with Gasteiger partial charge in [-0.05, 0) is 32.9 Å². The van der Waals surface area contributed by atoms with E-state index in [4.69, 9.17) is 9.84 Å². The maximum atomic E-state index is 10.8. The topological polar surface area (TPSA) is 75.5 Å². The summed E-state index contributed by atoms with van der Waals surface area (Å²) in [6.07, 6.45) is 5.11. The Morgan fingerprint density at radius 1 is 1.42 bits per heavy atom. The smallest absolute Gasteiger partial charge is 0.339 e. The number of nitrogens with zero attached hydrogens (tertiary/aromatic N) is 3. The Morgan fingerprint density at radius 3 is 2.79 bits per heavy atom. The van der Waals surface area contributed by atoms with Crippen molar-refractivity contribution in [1.82, 2.24) is 14.9 Å². The first-order valence-electron chi connectivity index (χ1n) is 6.59. The third kappa shape index (κ3) is 3.89. The van der Waals surface area contributed by atoms with Crippen LogP contribution in [-0.4, -0.2) is 52.2 Å². The van der Waals surface area contributed by atoms with Gasteiger partial charge in [0.2, 0.25) is 0 Å². The van der Waals surface area contributed by atoms with Gasteiger partial charge >= 0.3 is 12.0 Å². The highest BCUT2D eigenvalue weighted by molar-refractivity contribution is 5.88. The van der Waals surface area contributed by atoms with Gasteiger partial charge in [0.15, 0.2) is 0 Å². The van der Waals surface area contributed by atoms with E-state index in [1.807, 2.05) is 0 Å². The second kappa shape index (κ2) is 6.47. The van der Waals surface area contributed by atoms with E-state index < -0.39 is 5.97 Å². The zero-order chi connectivity index (χ0) is 13.7. The number of rotatable bonds is 5. The first kappa shape index (κ1) is 13.7. The summed E-state index contributed by atoms with van der Waals surface area (Å²) in [6, 6.07) is 0.250. The summed E-state index contributed by atoms with van der Waals surface area (Å²) in [5, 5.41) is 8.88. The molecule has 6 heteroatoms. The van der Waals surface area contributed by atoms with Crippen LogP contribution in [0.25, 0.3) is 0 Å². The lowest BCUT2D eigenvalue weighted by Crippen LogP contribution is -2.33. The van der Waals surface area contributed by atoms with Gasteiger partial charge in [0.1, 0.15) is 6.61 Å². The Balaban J connectivity index is 1.82. The first-order chi connectivity index (χ1) is 9.16. The molecule has 2 rings (SSSR count). The van der Waals surface area contributed by atoms with Crippen molar-refractivity contribution in [2.45, 2.75) is 26.2 Å². The standard InChI is InChI=1S/C13H19N3O3/c1-10-11(12(17)18)9-14-13(15-10)19-8-7-16-5-3-2-4-6-16/h9H,2-8H2,1H3,(H,17,18). The third-order valence-corrected chi connectivity index (χ3v) is 3.27. The molecule has 0 bridgehead atoms. The normalized spacial score (nSPS) is 16.3. The van der Waals surface area contributed by atoms with Crippen molar-refractivity contribution in [1.29, 1.82) is 0 Å². The molecule has 1 N–H and O–H groups in total. The number of aryl methyl sites for hydroxylation is 1. The summed E-state index contributed by atoms with van der Waals surface area (Å²) < 4.78 is 5.47. The van der Waals surface area contributed by atoms with E-state index in [1.54, 1.807) is 6.92 Å². The lowest BCUT2D eigenvalue weighted by atomic mass is 10.1. The van der Waals surface area contributed by atoms with Crippen LogP contribution >= 0.6 is 0 Å². The Morgan fingerprint density at radius 2 is 2.16 bits per heavy atom. The van der Waals surface area contributed by atoms with E-state index in [0.717, 1.165) is 19.6 Å². The molecule has 1 aliphatic heterocycles. The Kier molecular flexibility index (Phi) is 4.68. The van der Waals surface area contributed by atoms with Gasteiger partial charge in [0.25, 0.3) is 0 Å². The predicted molar refractivity (Wildman–Crippen MR) is 69.5 cm³/mol. The molecule has 2 heterocycles. The number of hydrogen-bond donors (Lipinski definition) is 1. The maximum Gasteiger partial charge on any atom is 0.339 e. The zero-order valence-electron chi connectivity index (χ0n) is 11.1. The van der Waals surface area contributed by atoms with Crippen LogP contribution < -0.4 is 4.74 Å². The fourth-order valence-corrected chi connectivity index (χ4v) is 2.17. The summed E-state index contributed by atoms with van der Waals surface area (Å²) in [4.78, 5) is 21.1. The maximum absolute atomic E-state index is 10.8. The molecule has 19 heavy (non-hydrogen) atoms. The van der Waals surface area contributed by atoms with Gasteiger partial charge in [-0.3, -0.25) is 4.90 Å². The minimum Gasteiger partial charge on any atom is -0.478 e. The fourth-order valence-electron chi connectivity index (χ4n) is 2.17. The van der Waals surface area contributed by atoms with Gasteiger partial charge in [-0.1, -0.05) is 6.42 Å². The minimum absolute atomic E-state index is 0.114. The summed E-state index contributed by atoms with van der Waals surface area (Å²) in [5.41, 5.74) is 0.541. The molecule has 0 amide bonds. The van der Waals surface area contributed by atoms with E-state index >= 15 is 0 Å². The van der Waals surface area contributed by atoms with E-state index in [1.165, 1.54) is 25.5 Å². The van der Waals surface area contributed by atoms with Crippen LogP contribution in [0.15, 0.2) is 6.20 Å². The molecule has 0 radical (unpaired) electrons. The number of aromatic nitrogens is 2. The molecule has 0 atom stereocenters. The number of hydrogen-bond acceptors (Lipinski definition) is 5. The fraction of sp³-hybridized carbons (Fsp3) is 0.615. The van der Waals surface area contributed by atoms with Crippen LogP contribution in [-0.2, 0) is 0 Å². The zero-order valence-corrected chi connectivity index (χ0v) is 11.1. The highest BCUT2D eigenvalue weighted by Crippen LogP contribution is 2.10. The molecular formula is C13H19N3O3. The van der Waals surface area contributed by atoms with E-state index in [-0.39, 0.29) is 11.6 Å². The number of piperidine rings is 1. The average molecular weight is 265 g/mol. The van der Waals surface area contributed by atoms with Gasteiger partial charge in [-0.2, -0.15) is 4.98 Å². The quantitative estimate of drug-likeness (QED) is 0.866. The van der Waals surface area contributed by atoms with Gasteiger partial charge in [-0.15, -0.1) is 0 Å². The van der Waals surface area contributed by atoms with Crippen molar-refractivity contribution < 1.29 is 14.6 Å². The van der Waals surface area contributed by atoms with Crippen LogP contribution in [0.5, 0.6) is 6.01 Å². The van der Waals surface area contributed by atoms with Gasteiger partial charge in [-0.25, -0.2) is 9.78 Å². The summed E-state index contributed by atoms with van der Waals surface area (Å²) in [6.45, 7) is 5.29. The minimum atomic E-state index is -1.02. The molecule has 0 saturated carbocycles. The molecule has 0 spiro atoms. The Hall–Kier alpha value is -1.69. The average Bonchev–Trinajstić information content (AvgIpc) is 2.39. The van der Waals surface area contributed by atoms with Gasteiger partial charge in [0.05, 0.1) is 11.3 Å². The van der Waals surface area contributed by atoms with Gasteiger partial charge in [0, 0.05) is 12.7 Å². The number of ether oxygens (including phenoxy) is 1. The highest BCUT2D eigenvalue weighted by Gasteiger charge is 2.12. The molecule has 0 aliphatic carbocycles. The molecule has 1 saturated heterocycles. The van der Waals surface area contributed by atoms with Crippen molar-refractivity contribution in [3.63, 3.8) is 0 Å². The number of aromatic carboxylic acids is 1. The van der Waals surface area contributed by atoms with Crippen LogP contribution in [0.2, 0.25) is 0 Å². The molecule has 1 aromatic rings. The van der Waals surface area contributed by atoms with Crippen molar-refractivity contribution in [2.24, 2.45) is 0 Å². The molecule has 104 valence electrons. The highest BCUT2D eigenvalue weighted by atomic mass is 16.5. The summed E-state index contributed by atoms with van der Waals surface area (Å²) in [7, 11) is 0. The number of likely N-dealkylation sites (tertiary alicyclic amines) is 1. The Labute approximate surface area is 112 Å². The summed E-state index contributed by atoms with van der Waals surface area (Å²) in [5.74, 6) is -1.02. The molecule has 1 aromatic heterocycles. The molecule has 1 fully saturated rings. The number of carboxylic acid groups (broad SMARTS) is 1. The lowest BCUT2D eigenvalue weighted by Gasteiger charge is -2.25. The van der Waals surface area contributed by atoms with Crippen LogP contribution in [0.1, 0.15) is 35.3 Å². The molecule has 6 nitrogen and oxygen atoms in total. The van der Waals surface area contributed by atoms with Crippen LogP contribution in [0.4, 0.5) is 0 Å². The van der Waals surface area contributed by atoms with E-state index in [2.05, 4.69) is 14.9 Å². The van der Waals surface area contributed by atoms with Crippen LogP contribution in [0, 0.1) is 6.92 Å².